The van der Waals surface area contributed by atoms with Crippen LogP contribution in [0.4, 0.5) is 14.9 Å². The van der Waals surface area contributed by atoms with Crippen molar-refractivity contribution in [2.24, 2.45) is 0 Å². The van der Waals surface area contributed by atoms with E-state index in [9.17, 15) is 9.18 Å². The van der Waals surface area contributed by atoms with Crippen molar-refractivity contribution in [1.29, 1.82) is 5.26 Å². The minimum atomic E-state index is -0.417. The molecule has 0 bridgehead atoms. The maximum absolute atomic E-state index is 14.1. The highest BCUT2D eigenvalue weighted by Gasteiger charge is 2.23. The molecular formula is C19H18FN3O2. The highest BCUT2D eigenvalue weighted by Crippen LogP contribution is 2.22. The normalized spacial score (nSPS) is 14.1. The van der Waals surface area contributed by atoms with Crippen LogP contribution >= 0.6 is 0 Å². The van der Waals surface area contributed by atoms with E-state index >= 15 is 0 Å². The first-order valence-electron chi connectivity index (χ1n) is 8.07. The van der Waals surface area contributed by atoms with E-state index in [-0.39, 0.29) is 12.7 Å². The summed E-state index contributed by atoms with van der Waals surface area (Å²) in [5, 5.41) is 8.80. The number of anilines is 1. The lowest BCUT2D eigenvalue weighted by atomic mass is 10.2. The summed E-state index contributed by atoms with van der Waals surface area (Å²) < 4.78 is 19.4. The molecule has 3 rings (SSSR count). The zero-order valence-corrected chi connectivity index (χ0v) is 13.7. The van der Waals surface area contributed by atoms with Gasteiger partial charge in [-0.2, -0.15) is 5.26 Å². The fourth-order valence-corrected chi connectivity index (χ4v) is 2.77. The molecule has 128 valence electrons. The molecule has 2 aromatic carbocycles. The van der Waals surface area contributed by atoms with E-state index in [1.165, 1.54) is 6.07 Å². The summed E-state index contributed by atoms with van der Waals surface area (Å²) in [5.41, 5.74) is 1.69. The third-order valence-electron chi connectivity index (χ3n) is 4.16. The lowest BCUT2D eigenvalue weighted by Crippen LogP contribution is -2.49. The molecule has 0 saturated carbocycles. The number of piperazine rings is 1. The quantitative estimate of drug-likeness (QED) is 0.862. The van der Waals surface area contributed by atoms with E-state index in [4.69, 9.17) is 10.00 Å². The molecule has 0 atom stereocenters. The van der Waals surface area contributed by atoms with Gasteiger partial charge in [0.15, 0.2) is 0 Å². The Bertz CT molecular complexity index is 781. The number of halogens is 1. The second-order valence-electron chi connectivity index (χ2n) is 5.79. The molecule has 1 aliphatic rings. The van der Waals surface area contributed by atoms with Crippen molar-refractivity contribution in [3.8, 4) is 6.07 Å². The number of ether oxygens (including phenoxy) is 1. The van der Waals surface area contributed by atoms with Gasteiger partial charge in [0.25, 0.3) is 0 Å². The summed E-state index contributed by atoms with van der Waals surface area (Å²) in [6.45, 7) is 2.21. The van der Waals surface area contributed by atoms with E-state index in [0.29, 0.717) is 37.4 Å². The summed E-state index contributed by atoms with van der Waals surface area (Å²) in [4.78, 5) is 15.6. The average molecular weight is 339 g/mol. The maximum atomic E-state index is 14.1. The van der Waals surface area contributed by atoms with Crippen LogP contribution in [0.5, 0.6) is 0 Å². The van der Waals surface area contributed by atoms with Crippen molar-refractivity contribution in [2.45, 2.75) is 6.61 Å². The lowest BCUT2D eigenvalue weighted by Gasteiger charge is -2.35. The summed E-state index contributed by atoms with van der Waals surface area (Å²) in [7, 11) is 0. The van der Waals surface area contributed by atoms with Crippen LogP contribution in [0.3, 0.4) is 0 Å². The summed E-state index contributed by atoms with van der Waals surface area (Å²) >= 11 is 0. The van der Waals surface area contributed by atoms with Gasteiger partial charge in [-0.25, -0.2) is 9.18 Å². The number of carbonyl (C=O) groups is 1. The number of hydrogen-bond donors (Lipinski definition) is 0. The minimum absolute atomic E-state index is 0.240. The van der Waals surface area contributed by atoms with E-state index in [2.05, 4.69) is 0 Å². The summed E-state index contributed by atoms with van der Waals surface area (Å²) in [6, 6.07) is 15.9. The fourth-order valence-electron chi connectivity index (χ4n) is 2.77. The first-order chi connectivity index (χ1) is 12.2. The molecule has 2 aromatic rings. The van der Waals surface area contributed by atoms with Crippen LogP contribution < -0.4 is 4.90 Å². The van der Waals surface area contributed by atoms with Gasteiger partial charge >= 0.3 is 6.09 Å². The number of hydrogen-bond acceptors (Lipinski definition) is 4. The second-order valence-corrected chi connectivity index (χ2v) is 5.79. The van der Waals surface area contributed by atoms with Gasteiger partial charge in [-0.05, 0) is 23.8 Å². The Morgan fingerprint density at radius 1 is 1.12 bits per heavy atom. The SMILES string of the molecule is N#Cc1ccc(N2CCN(C(=O)OCc3ccccc3)CC2)c(F)c1. The van der Waals surface area contributed by atoms with Gasteiger partial charge < -0.3 is 14.5 Å². The molecule has 1 saturated heterocycles. The molecule has 25 heavy (non-hydrogen) atoms. The molecule has 0 aromatic heterocycles. The number of carbonyl (C=O) groups excluding carboxylic acids is 1. The van der Waals surface area contributed by atoms with Crippen LogP contribution in [0, 0.1) is 17.1 Å². The molecule has 0 spiro atoms. The largest absolute Gasteiger partial charge is 0.445 e. The molecule has 5 nitrogen and oxygen atoms in total. The van der Waals surface area contributed by atoms with Gasteiger partial charge in [0.05, 0.1) is 17.3 Å². The van der Waals surface area contributed by atoms with Crippen molar-refractivity contribution in [1.82, 2.24) is 4.90 Å². The fraction of sp³-hybridized carbons (Fsp3) is 0.263. The molecule has 0 N–H and O–H groups in total. The smallest absolute Gasteiger partial charge is 0.410 e. The zero-order valence-electron chi connectivity index (χ0n) is 13.7. The van der Waals surface area contributed by atoms with Crippen LogP contribution in [-0.2, 0) is 11.3 Å². The maximum Gasteiger partial charge on any atom is 0.410 e. The standard InChI is InChI=1S/C19H18FN3O2/c20-17-12-16(13-21)6-7-18(17)22-8-10-23(11-9-22)19(24)25-14-15-4-2-1-3-5-15/h1-7,12H,8-11,14H2. The molecule has 1 amide bonds. The summed E-state index contributed by atoms with van der Waals surface area (Å²) in [5.74, 6) is -0.417. The first kappa shape index (κ1) is 16.8. The Morgan fingerprint density at radius 2 is 1.84 bits per heavy atom. The van der Waals surface area contributed by atoms with Crippen LogP contribution in [0.15, 0.2) is 48.5 Å². The number of nitrogens with zero attached hydrogens (tertiary/aromatic N) is 3. The highest BCUT2D eigenvalue weighted by atomic mass is 19.1. The van der Waals surface area contributed by atoms with Crippen LogP contribution in [0.25, 0.3) is 0 Å². The molecule has 6 heteroatoms. The van der Waals surface area contributed by atoms with Gasteiger partial charge in [0.2, 0.25) is 0 Å². The number of nitriles is 1. The number of rotatable bonds is 3. The Hall–Kier alpha value is -3.07. The predicted octanol–water partition coefficient (Wildman–Crippen LogP) is 3.16. The molecule has 1 aliphatic heterocycles. The average Bonchev–Trinajstić information content (AvgIpc) is 2.67. The molecule has 0 unspecified atom stereocenters. The van der Waals surface area contributed by atoms with E-state index in [1.807, 2.05) is 41.3 Å². The van der Waals surface area contributed by atoms with Gasteiger partial charge in [-0.3, -0.25) is 0 Å². The molecule has 1 fully saturated rings. The van der Waals surface area contributed by atoms with Crippen molar-refractivity contribution in [2.75, 3.05) is 31.1 Å². The number of amides is 1. The molecular weight excluding hydrogens is 321 g/mol. The van der Waals surface area contributed by atoms with Gasteiger partial charge in [-0.1, -0.05) is 30.3 Å². The Kier molecular flexibility index (Phi) is 5.14. The van der Waals surface area contributed by atoms with E-state index in [1.54, 1.807) is 17.0 Å². The Labute approximate surface area is 145 Å². The van der Waals surface area contributed by atoms with Crippen LogP contribution in [-0.4, -0.2) is 37.2 Å². The minimum Gasteiger partial charge on any atom is -0.445 e. The Balaban J connectivity index is 1.53. The number of benzene rings is 2. The molecule has 0 radical (unpaired) electrons. The van der Waals surface area contributed by atoms with Crippen LogP contribution in [0.2, 0.25) is 0 Å². The third-order valence-corrected chi connectivity index (χ3v) is 4.16. The zero-order chi connectivity index (χ0) is 17.6. The monoisotopic (exact) mass is 339 g/mol. The van der Waals surface area contributed by atoms with Crippen molar-refractivity contribution in [3.05, 3.63) is 65.5 Å². The molecule has 1 heterocycles. The molecule has 0 aliphatic carbocycles. The van der Waals surface area contributed by atoms with E-state index < -0.39 is 5.82 Å². The van der Waals surface area contributed by atoms with Gasteiger partial charge in [-0.15, -0.1) is 0 Å². The van der Waals surface area contributed by atoms with Crippen molar-refractivity contribution in [3.63, 3.8) is 0 Å². The van der Waals surface area contributed by atoms with E-state index in [0.717, 1.165) is 5.56 Å². The van der Waals surface area contributed by atoms with Gasteiger partial charge in [0.1, 0.15) is 12.4 Å². The first-order valence-corrected chi connectivity index (χ1v) is 8.07. The Morgan fingerprint density at radius 3 is 2.48 bits per heavy atom. The lowest BCUT2D eigenvalue weighted by molar-refractivity contribution is 0.0941. The predicted molar refractivity (Wildman–Crippen MR) is 91.5 cm³/mol. The van der Waals surface area contributed by atoms with Crippen LogP contribution in [0.1, 0.15) is 11.1 Å². The second kappa shape index (κ2) is 7.67. The van der Waals surface area contributed by atoms with Gasteiger partial charge in [0, 0.05) is 26.2 Å². The summed E-state index contributed by atoms with van der Waals surface area (Å²) in [6.07, 6.45) is -0.358. The highest BCUT2D eigenvalue weighted by molar-refractivity contribution is 5.68. The third kappa shape index (κ3) is 4.07. The van der Waals surface area contributed by atoms with Crippen molar-refractivity contribution < 1.29 is 13.9 Å². The van der Waals surface area contributed by atoms with Crippen molar-refractivity contribution >= 4 is 11.8 Å². The topological polar surface area (TPSA) is 56.6 Å².